The normalized spacial score (nSPS) is 15.3. The van der Waals surface area contributed by atoms with E-state index in [4.69, 9.17) is 9.72 Å². The van der Waals surface area contributed by atoms with Crippen molar-refractivity contribution < 1.29 is 9.53 Å². The molecular formula is C22H23N3O3S2. The van der Waals surface area contributed by atoms with E-state index in [1.807, 2.05) is 42.5 Å². The van der Waals surface area contributed by atoms with Crippen molar-refractivity contribution in [1.29, 1.82) is 0 Å². The van der Waals surface area contributed by atoms with Gasteiger partial charge < -0.3 is 10.1 Å². The summed E-state index contributed by atoms with van der Waals surface area (Å²) in [5.74, 6) is 0.0385. The van der Waals surface area contributed by atoms with Gasteiger partial charge in [0.1, 0.15) is 0 Å². The zero-order chi connectivity index (χ0) is 21.1. The third kappa shape index (κ3) is 4.40. The number of methoxy groups -OCH3 is 1. The van der Waals surface area contributed by atoms with Gasteiger partial charge in [0.15, 0.2) is 5.16 Å². The lowest BCUT2D eigenvalue weighted by molar-refractivity contribution is -0.113. The van der Waals surface area contributed by atoms with Gasteiger partial charge in [0.05, 0.1) is 29.5 Å². The first-order valence-electron chi connectivity index (χ1n) is 9.76. The Morgan fingerprint density at radius 2 is 2.10 bits per heavy atom. The number of hydrogen-bond donors (Lipinski definition) is 1. The Bertz CT molecular complexity index is 1140. The molecular weight excluding hydrogens is 418 g/mol. The molecule has 6 nitrogen and oxygen atoms in total. The summed E-state index contributed by atoms with van der Waals surface area (Å²) < 4.78 is 6.79. The average Bonchev–Trinajstić information content (AvgIpc) is 3.12. The van der Waals surface area contributed by atoms with Crippen molar-refractivity contribution in [3.05, 3.63) is 58.5 Å². The topological polar surface area (TPSA) is 73.2 Å². The molecule has 0 saturated carbocycles. The van der Waals surface area contributed by atoms with Crippen LogP contribution in [0.2, 0.25) is 0 Å². The molecule has 1 unspecified atom stereocenters. The third-order valence-electron chi connectivity index (χ3n) is 4.88. The van der Waals surface area contributed by atoms with Crippen LogP contribution < -0.4 is 10.9 Å². The van der Waals surface area contributed by atoms with Gasteiger partial charge in [0, 0.05) is 29.9 Å². The van der Waals surface area contributed by atoms with Gasteiger partial charge in [-0.05, 0) is 11.5 Å². The molecule has 1 N–H and O–H groups in total. The molecule has 0 radical (unpaired) electrons. The molecule has 1 amide bonds. The van der Waals surface area contributed by atoms with E-state index in [1.165, 1.54) is 11.8 Å². The second-order valence-corrected chi connectivity index (χ2v) is 9.51. The molecule has 1 aliphatic heterocycles. The number of benzene rings is 2. The fourth-order valence-corrected chi connectivity index (χ4v) is 5.43. The molecule has 156 valence electrons. The van der Waals surface area contributed by atoms with E-state index in [2.05, 4.69) is 12.2 Å². The minimum absolute atomic E-state index is 0.0386. The van der Waals surface area contributed by atoms with Crippen LogP contribution in [0.25, 0.3) is 10.8 Å². The fraction of sp³-hybridized carbons (Fsp3) is 0.318. The van der Waals surface area contributed by atoms with Gasteiger partial charge in [-0.1, -0.05) is 55.1 Å². The zero-order valence-electron chi connectivity index (χ0n) is 16.9. The molecule has 0 saturated heterocycles. The molecule has 0 spiro atoms. The summed E-state index contributed by atoms with van der Waals surface area (Å²) in [6, 6.07) is 13.8. The van der Waals surface area contributed by atoms with Gasteiger partial charge in [-0.15, -0.1) is 11.8 Å². The molecule has 30 heavy (non-hydrogen) atoms. The van der Waals surface area contributed by atoms with Gasteiger partial charge in [0.25, 0.3) is 5.56 Å². The molecule has 1 atom stereocenters. The molecule has 1 aromatic heterocycles. The maximum absolute atomic E-state index is 12.9. The van der Waals surface area contributed by atoms with E-state index in [0.29, 0.717) is 23.6 Å². The SMILES string of the molecule is COCCn1c(SCC(=O)Nc2cccc3ccccc23)nc2c(c1=O)SC(C)C2. The highest BCUT2D eigenvalue weighted by molar-refractivity contribution is 8.00. The number of anilines is 1. The Kier molecular flexibility index (Phi) is 6.46. The molecule has 3 aromatic rings. The summed E-state index contributed by atoms with van der Waals surface area (Å²) in [4.78, 5) is 31.0. The summed E-state index contributed by atoms with van der Waals surface area (Å²) in [6.45, 7) is 2.92. The molecule has 0 bridgehead atoms. The van der Waals surface area contributed by atoms with Crippen LogP contribution >= 0.6 is 23.5 Å². The second kappa shape index (κ2) is 9.24. The summed E-state index contributed by atoms with van der Waals surface area (Å²) in [5, 5.41) is 5.96. The molecule has 2 heterocycles. The number of fused-ring (bicyclic) bond motifs is 2. The van der Waals surface area contributed by atoms with Crippen LogP contribution in [0.4, 0.5) is 5.69 Å². The van der Waals surface area contributed by atoms with Crippen molar-refractivity contribution in [1.82, 2.24) is 9.55 Å². The maximum Gasteiger partial charge on any atom is 0.268 e. The quantitative estimate of drug-likeness (QED) is 0.444. The third-order valence-corrected chi connectivity index (χ3v) is 7.07. The zero-order valence-corrected chi connectivity index (χ0v) is 18.5. The Morgan fingerprint density at radius 1 is 1.30 bits per heavy atom. The van der Waals surface area contributed by atoms with Crippen LogP contribution in [0.15, 0.2) is 57.3 Å². The first kappa shape index (κ1) is 21.0. The number of nitrogens with zero attached hydrogens (tertiary/aromatic N) is 2. The lowest BCUT2D eigenvalue weighted by atomic mass is 10.1. The Hall–Kier alpha value is -2.29. The van der Waals surface area contributed by atoms with Crippen molar-refractivity contribution in [3.8, 4) is 0 Å². The number of thioether (sulfide) groups is 2. The largest absolute Gasteiger partial charge is 0.383 e. The average molecular weight is 442 g/mol. The van der Waals surface area contributed by atoms with Crippen LogP contribution in [-0.4, -0.2) is 40.2 Å². The first-order valence-corrected chi connectivity index (χ1v) is 11.6. The number of aromatic nitrogens is 2. The molecule has 1 aliphatic rings. The van der Waals surface area contributed by atoms with Crippen molar-refractivity contribution in [2.24, 2.45) is 0 Å². The summed E-state index contributed by atoms with van der Waals surface area (Å²) in [7, 11) is 1.60. The number of carbonyl (C=O) groups excluding carboxylic acids is 1. The van der Waals surface area contributed by atoms with E-state index in [-0.39, 0.29) is 17.2 Å². The van der Waals surface area contributed by atoms with E-state index in [9.17, 15) is 9.59 Å². The van der Waals surface area contributed by atoms with Crippen LogP contribution in [-0.2, 0) is 22.5 Å². The smallest absolute Gasteiger partial charge is 0.268 e. The number of nitrogens with one attached hydrogen (secondary N) is 1. The minimum atomic E-state index is -0.132. The maximum atomic E-state index is 12.9. The van der Waals surface area contributed by atoms with E-state index in [0.717, 1.165) is 33.5 Å². The molecule has 2 aromatic carbocycles. The number of carbonyl (C=O) groups is 1. The Balaban J connectivity index is 1.53. The number of hydrogen-bond acceptors (Lipinski definition) is 6. The van der Waals surface area contributed by atoms with E-state index in [1.54, 1.807) is 23.4 Å². The molecule has 8 heteroatoms. The van der Waals surface area contributed by atoms with Gasteiger partial charge >= 0.3 is 0 Å². The predicted molar refractivity (Wildman–Crippen MR) is 123 cm³/mol. The first-order chi connectivity index (χ1) is 14.6. The van der Waals surface area contributed by atoms with E-state index < -0.39 is 0 Å². The van der Waals surface area contributed by atoms with Gasteiger partial charge in [-0.2, -0.15) is 0 Å². The highest BCUT2D eigenvalue weighted by atomic mass is 32.2. The van der Waals surface area contributed by atoms with Crippen molar-refractivity contribution >= 4 is 45.9 Å². The van der Waals surface area contributed by atoms with E-state index >= 15 is 0 Å². The Morgan fingerprint density at radius 3 is 2.93 bits per heavy atom. The summed E-state index contributed by atoms with van der Waals surface area (Å²) in [5.41, 5.74) is 1.58. The highest BCUT2D eigenvalue weighted by Crippen LogP contribution is 2.34. The minimum Gasteiger partial charge on any atom is -0.383 e. The van der Waals surface area contributed by atoms with Crippen LogP contribution in [0.3, 0.4) is 0 Å². The Labute approximate surface area is 183 Å². The molecule has 4 rings (SSSR count). The van der Waals surface area contributed by atoms with Crippen LogP contribution in [0.5, 0.6) is 0 Å². The number of rotatable bonds is 7. The highest BCUT2D eigenvalue weighted by Gasteiger charge is 2.26. The van der Waals surface area contributed by atoms with Crippen LogP contribution in [0.1, 0.15) is 12.6 Å². The molecule has 0 fully saturated rings. The van der Waals surface area contributed by atoms with Crippen molar-refractivity contribution in [3.63, 3.8) is 0 Å². The van der Waals surface area contributed by atoms with Gasteiger partial charge in [0.2, 0.25) is 5.91 Å². The number of ether oxygens (including phenoxy) is 1. The summed E-state index contributed by atoms with van der Waals surface area (Å²) >= 11 is 2.86. The lowest BCUT2D eigenvalue weighted by Crippen LogP contribution is -2.27. The second-order valence-electron chi connectivity index (χ2n) is 7.12. The van der Waals surface area contributed by atoms with Crippen molar-refractivity contribution in [2.75, 3.05) is 24.8 Å². The fourth-order valence-electron chi connectivity index (χ4n) is 3.47. The molecule has 0 aliphatic carbocycles. The standard InChI is InChI=1S/C22H23N3O3S2/c1-14-12-18-20(30-14)21(27)25(10-11-28-2)22(24-18)29-13-19(26)23-17-9-5-7-15-6-3-4-8-16(15)17/h3-9,14H,10-13H2,1-2H3,(H,23,26). The van der Waals surface area contributed by atoms with Gasteiger partial charge in [-0.3, -0.25) is 14.2 Å². The van der Waals surface area contributed by atoms with Crippen LogP contribution in [0, 0.1) is 0 Å². The number of amides is 1. The lowest BCUT2D eigenvalue weighted by Gasteiger charge is -2.13. The monoisotopic (exact) mass is 441 g/mol. The van der Waals surface area contributed by atoms with Gasteiger partial charge in [-0.25, -0.2) is 4.98 Å². The predicted octanol–water partition coefficient (Wildman–Crippen LogP) is 3.81. The van der Waals surface area contributed by atoms with Crippen molar-refractivity contribution in [2.45, 2.75) is 35.2 Å². The summed E-state index contributed by atoms with van der Waals surface area (Å²) in [6.07, 6.45) is 0.774.